The molecule has 0 atom stereocenters. The monoisotopic (exact) mass is 200 g/mol. The summed E-state index contributed by atoms with van der Waals surface area (Å²) in [5.74, 6) is 6.57. The molecule has 0 amide bonds. The zero-order chi connectivity index (χ0) is 10.7. The molecule has 0 radical (unpaired) electrons. The van der Waals surface area contributed by atoms with Crippen LogP contribution in [0.25, 0.3) is 0 Å². The number of pyridine rings is 1. The maximum absolute atomic E-state index is 5.91. The molecule has 0 saturated heterocycles. The molecule has 0 unspecified atom stereocenters. The zero-order valence-electron chi connectivity index (χ0n) is 8.17. The van der Waals surface area contributed by atoms with Gasteiger partial charge in [0, 0.05) is 6.20 Å². The molecule has 0 bridgehead atoms. The van der Waals surface area contributed by atoms with E-state index in [1.807, 2.05) is 36.4 Å². The molecular weight excluding hydrogens is 188 g/mol. The average Bonchev–Trinajstić information content (AvgIpc) is 2.30. The fourth-order valence-corrected chi connectivity index (χ4v) is 1.33. The predicted molar refractivity (Wildman–Crippen MR) is 61.4 cm³/mol. The van der Waals surface area contributed by atoms with Crippen LogP contribution in [0.5, 0.6) is 0 Å². The van der Waals surface area contributed by atoms with Gasteiger partial charge in [0.15, 0.2) is 0 Å². The fourth-order valence-electron chi connectivity index (χ4n) is 1.33. The van der Waals surface area contributed by atoms with Crippen molar-refractivity contribution >= 4 is 17.2 Å². The van der Waals surface area contributed by atoms with Crippen LogP contribution in [0.2, 0.25) is 0 Å². The van der Waals surface area contributed by atoms with Crippen LogP contribution < -0.4 is 16.6 Å². The molecule has 0 spiro atoms. The minimum absolute atomic E-state index is 0.630. The average molecular weight is 200 g/mol. The fraction of sp³-hybridized carbons (Fsp3) is 0. The number of hydrazine groups is 1. The molecule has 15 heavy (non-hydrogen) atoms. The minimum Gasteiger partial charge on any atom is -0.397 e. The van der Waals surface area contributed by atoms with E-state index in [1.54, 1.807) is 12.3 Å². The van der Waals surface area contributed by atoms with Crippen molar-refractivity contribution in [1.29, 1.82) is 0 Å². The molecule has 0 aliphatic heterocycles. The Morgan fingerprint density at radius 3 is 2.40 bits per heavy atom. The molecule has 2 aromatic rings. The summed E-state index contributed by atoms with van der Waals surface area (Å²) in [4.78, 5) is 4.14. The van der Waals surface area contributed by atoms with Gasteiger partial charge in [-0.3, -0.25) is 5.01 Å². The molecule has 76 valence electrons. The highest BCUT2D eigenvalue weighted by Gasteiger charge is 2.07. The van der Waals surface area contributed by atoms with Crippen molar-refractivity contribution in [2.24, 2.45) is 5.84 Å². The summed E-state index contributed by atoms with van der Waals surface area (Å²) in [5, 5.41) is 1.47. The molecule has 4 N–H and O–H groups in total. The number of nitrogen functional groups attached to an aromatic ring is 1. The summed E-state index contributed by atoms with van der Waals surface area (Å²) in [6.07, 6.45) is 1.69. The van der Waals surface area contributed by atoms with Crippen LogP contribution in [0.1, 0.15) is 0 Å². The minimum atomic E-state index is 0.630. The first kappa shape index (κ1) is 9.48. The van der Waals surface area contributed by atoms with Gasteiger partial charge in [-0.25, -0.2) is 10.8 Å². The maximum atomic E-state index is 5.91. The van der Waals surface area contributed by atoms with Gasteiger partial charge in [-0.1, -0.05) is 18.2 Å². The van der Waals surface area contributed by atoms with E-state index in [1.165, 1.54) is 5.01 Å². The van der Waals surface area contributed by atoms with Gasteiger partial charge in [-0.05, 0) is 24.3 Å². The maximum Gasteiger partial charge on any atom is 0.147 e. The third-order valence-electron chi connectivity index (χ3n) is 2.09. The van der Waals surface area contributed by atoms with Gasteiger partial charge in [0.25, 0.3) is 0 Å². The van der Waals surface area contributed by atoms with E-state index < -0.39 is 0 Å². The van der Waals surface area contributed by atoms with Crippen molar-refractivity contribution in [3.05, 3.63) is 48.7 Å². The lowest BCUT2D eigenvalue weighted by Gasteiger charge is -2.18. The van der Waals surface area contributed by atoms with Crippen molar-refractivity contribution in [3.8, 4) is 0 Å². The van der Waals surface area contributed by atoms with E-state index in [9.17, 15) is 0 Å². The molecule has 2 rings (SSSR count). The Morgan fingerprint density at radius 2 is 1.73 bits per heavy atom. The number of nitrogens with zero attached hydrogens (tertiary/aromatic N) is 2. The number of nitrogens with two attached hydrogens (primary N) is 2. The highest BCUT2D eigenvalue weighted by molar-refractivity contribution is 5.71. The van der Waals surface area contributed by atoms with E-state index in [0.717, 1.165) is 5.69 Å². The van der Waals surface area contributed by atoms with Crippen LogP contribution in [0.4, 0.5) is 17.2 Å². The van der Waals surface area contributed by atoms with Crippen LogP contribution in [0.15, 0.2) is 48.7 Å². The number of anilines is 3. The molecule has 0 aliphatic rings. The van der Waals surface area contributed by atoms with Crippen molar-refractivity contribution in [2.75, 3.05) is 10.7 Å². The molecule has 0 saturated carbocycles. The van der Waals surface area contributed by atoms with Gasteiger partial charge in [0.05, 0.1) is 11.4 Å². The van der Waals surface area contributed by atoms with Crippen LogP contribution in [-0.2, 0) is 0 Å². The molecule has 1 aromatic carbocycles. The standard InChI is InChI=1S/C11H12N4/c12-9-5-1-2-6-10(9)15(13)11-7-3-4-8-14-11/h1-8H,12-13H2. The highest BCUT2D eigenvalue weighted by Crippen LogP contribution is 2.24. The molecule has 1 aromatic heterocycles. The quantitative estimate of drug-likeness (QED) is 0.439. The number of hydrogen-bond acceptors (Lipinski definition) is 4. The molecule has 1 heterocycles. The topological polar surface area (TPSA) is 68.2 Å². The second-order valence-electron chi connectivity index (χ2n) is 3.12. The Morgan fingerprint density at radius 1 is 1.00 bits per heavy atom. The zero-order valence-corrected chi connectivity index (χ0v) is 8.17. The van der Waals surface area contributed by atoms with Crippen LogP contribution in [0.3, 0.4) is 0 Å². The largest absolute Gasteiger partial charge is 0.397 e. The van der Waals surface area contributed by atoms with Crippen molar-refractivity contribution < 1.29 is 0 Å². The Bertz CT molecular complexity index is 441. The Kier molecular flexibility index (Phi) is 2.51. The summed E-state index contributed by atoms with van der Waals surface area (Å²) >= 11 is 0. The SMILES string of the molecule is Nc1ccccc1N(N)c1ccccn1. The number of hydrogen-bond donors (Lipinski definition) is 2. The van der Waals surface area contributed by atoms with Gasteiger partial charge in [0.1, 0.15) is 5.82 Å². The molecule has 0 aliphatic carbocycles. The van der Waals surface area contributed by atoms with Crippen LogP contribution in [0, 0.1) is 0 Å². The van der Waals surface area contributed by atoms with E-state index >= 15 is 0 Å². The van der Waals surface area contributed by atoms with Crippen molar-refractivity contribution in [1.82, 2.24) is 4.98 Å². The van der Waals surface area contributed by atoms with Crippen LogP contribution >= 0.6 is 0 Å². The van der Waals surface area contributed by atoms with Crippen molar-refractivity contribution in [2.45, 2.75) is 0 Å². The van der Waals surface area contributed by atoms with Gasteiger partial charge in [0.2, 0.25) is 0 Å². The van der Waals surface area contributed by atoms with Gasteiger partial charge < -0.3 is 5.73 Å². The molecule has 4 nitrogen and oxygen atoms in total. The van der Waals surface area contributed by atoms with E-state index in [4.69, 9.17) is 11.6 Å². The first-order chi connectivity index (χ1) is 7.29. The summed E-state index contributed by atoms with van der Waals surface area (Å²) in [5.41, 5.74) is 7.19. The van der Waals surface area contributed by atoms with E-state index in [0.29, 0.717) is 11.5 Å². The lowest BCUT2D eigenvalue weighted by atomic mass is 10.2. The van der Waals surface area contributed by atoms with E-state index in [-0.39, 0.29) is 0 Å². The Balaban J connectivity index is 2.37. The van der Waals surface area contributed by atoms with Gasteiger partial charge >= 0.3 is 0 Å². The van der Waals surface area contributed by atoms with Gasteiger partial charge in [-0.15, -0.1) is 0 Å². The lowest BCUT2D eigenvalue weighted by Crippen LogP contribution is -2.26. The molecular formula is C11H12N4. The number of para-hydroxylation sites is 2. The Labute approximate surface area is 88.1 Å². The summed E-state index contributed by atoms with van der Waals surface area (Å²) in [6.45, 7) is 0. The highest BCUT2D eigenvalue weighted by atomic mass is 15.4. The third-order valence-corrected chi connectivity index (χ3v) is 2.09. The van der Waals surface area contributed by atoms with Crippen molar-refractivity contribution in [3.63, 3.8) is 0 Å². The number of aromatic nitrogens is 1. The van der Waals surface area contributed by atoms with Crippen LogP contribution in [-0.4, -0.2) is 4.98 Å². The number of rotatable bonds is 2. The summed E-state index contributed by atoms with van der Waals surface area (Å²) < 4.78 is 0. The molecule has 4 heteroatoms. The summed E-state index contributed by atoms with van der Waals surface area (Å²) in [7, 11) is 0. The third kappa shape index (κ3) is 1.89. The first-order valence-electron chi connectivity index (χ1n) is 4.59. The molecule has 0 fully saturated rings. The first-order valence-corrected chi connectivity index (χ1v) is 4.59. The normalized spacial score (nSPS) is 9.93. The summed E-state index contributed by atoms with van der Waals surface area (Å²) in [6, 6.07) is 12.9. The second kappa shape index (κ2) is 3.98. The predicted octanol–water partition coefficient (Wildman–Crippen LogP) is 1.68. The second-order valence-corrected chi connectivity index (χ2v) is 3.12. The van der Waals surface area contributed by atoms with Gasteiger partial charge in [-0.2, -0.15) is 0 Å². The lowest BCUT2D eigenvalue weighted by molar-refractivity contribution is 1.04. The smallest absolute Gasteiger partial charge is 0.147 e. The van der Waals surface area contributed by atoms with E-state index in [2.05, 4.69) is 4.98 Å². The Hall–Kier alpha value is -2.07. The number of benzene rings is 1.